The lowest BCUT2D eigenvalue weighted by Gasteiger charge is -2.52. The Labute approximate surface area is 154 Å². The molecular formula is C21H23N5. The molecule has 1 saturated carbocycles. The second-order valence-electron chi connectivity index (χ2n) is 7.90. The molecule has 4 atom stereocenters. The minimum absolute atomic E-state index is 0.468. The summed E-state index contributed by atoms with van der Waals surface area (Å²) in [6.07, 6.45) is 5.85. The average Bonchev–Trinajstić information content (AvgIpc) is 3.14. The van der Waals surface area contributed by atoms with Gasteiger partial charge in [-0.05, 0) is 36.2 Å². The van der Waals surface area contributed by atoms with Crippen molar-refractivity contribution in [2.24, 2.45) is 17.8 Å². The Hall–Kier alpha value is -2.45. The number of fused-ring (bicyclic) bond motifs is 2. The highest BCUT2D eigenvalue weighted by atomic mass is 15.3. The fraction of sp³-hybridized carbons (Fsp3) is 0.476. The van der Waals surface area contributed by atoms with Crippen molar-refractivity contribution in [3.05, 3.63) is 54.0 Å². The zero-order valence-corrected chi connectivity index (χ0v) is 14.8. The lowest BCUT2D eigenvalue weighted by atomic mass is 9.66. The summed E-state index contributed by atoms with van der Waals surface area (Å²) >= 11 is 0. The van der Waals surface area contributed by atoms with Gasteiger partial charge >= 0.3 is 0 Å². The van der Waals surface area contributed by atoms with Gasteiger partial charge in [0.1, 0.15) is 6.07 Å². The van der Waals surface area contributed by atoms with E-state index in [-0.39, 0.29) is 0 Å². The number of benzene rings is 1. The van der Waals surface area contributed by atoms with Crippen molar-refractivity contribution in [1.82, 2.24) is 14.9 Å². The quantitative estimate of drug-likeness (QED) is 0.856. The fourth-order valence-corrected chi connectivity index (χ4v) is 5.50. The second-order valence-corrected chi connectivity index (χ2v) is 7.90. The van der Waals surface area contributed by atoms with Crippen LogP contribution in [0.4, 0.5) is 5.82 Å². The Kier molecular flexibility index (Phi) is 3.86. The number of aromatic nitrogens is 2. The molecule has 4 heterocycles. The third-order valence-corrected chi connectivity index (χ3v) is 6.56. The van der Waals surface area contributed by atoms with Gasteiger partial charge in [-0.2, -0.15) is 5.26 Å². The number of nitrogens with zero attached hydrogens (tertiary/aromatic N) is 5. The van der Waals surface area contributed by atoms with Crippen molar-refractivity contribution in [1.29, 1.82) is 5.26 Å². The maximum atomic E-state index is 9.43. The Morgan fingerprint density at radius 3 is 2.65 bits per heavy atom. The van der Waals surface area contributed by atoms with E-state index >= 15 is 0 Å². The number of hydrogen-bond donors (Lipinski definition) is 0. The van der Waals surface area contributed by atoms with Crippen molar-refractivity contribution < 1.29 is 0 Å². The summed E-state index contributed by atoms with van der Waals surface area (Å²) in [6, 6.07) is 13.5. The van der Waals surface area contributed by atoms with Gasteiger partial charge < -0.3 is 4.90 Å². The maximum absolute atomic E-state index is 9.43. The van der Waals surface area contributed by atoms with Crippen LogP contribution in [-0.2, 0) is 6.54 Å². The second kappa shape index (κ2) is 6.37. The van der Waals surface area contributed by atoms with E-state index in [0.29, 0.717) is 23.6 Å². The SMILES string of the molecule is N#Cc1nccnc1N1CC2CCC1C1CN(Cc3ccccc3)CC21. The molecule has 4 fully saturated rings. The predicted octanol–water partition coefficient (Wildman–Crippen LogP) is 2.70. The van der Waals surface area contributed by atoms with Crippen molar-refractivity contribution in [3.63, 3.8) is 0 Å². The highest BCUT2D eigenvalue weighted by Gasteiger charge is 2.51. The number of anilines is 1. The van der Waals surface area contributed by atoms with E-state index in [0.717, 1.165) is 31.4 Å². The lowest BCUT2D eigenvalue weighted by Crippen LogP contribution is -2.58. The zero-order valence-electron chi connectivity index (χ0n) is 14.8. The molecule has 2 aromatic rings. The molecule has 0 N–H and O–H groups in total. The summed E-state index contributed by atoms with van der Waals surface area (Å²) in [6.45, 7) is 4.43. The van der Waals surface area contributed by atoms with Crippen LogP contribution in [0.15, 0.2) is 42.7 Å². The normalized spacial score (nSPS) is 30.2. The number of likely N-dealkylation sites (tertiary alicyclic amines) is 1. The molecule has 3 aliphatic heterocycles. The third kappa shape index (κ3) is 2.57. The summed E-state index contributed by atoms with van der Waals surface area (Å²) in [5.41, 5.74) is 1.87. The van der Waals surface area contributed by atoms with Gasteiger partial charge in [0.25, 0.3) is 0 Å². The van der Waals surface area contributed by atoms with Gasteiger partial charge in [-0.25, -0.2) is 9.97 Å². The molecule has 5 nitrogen and oxygen atoms in total. The molecule has 1 aliphatic carbocycles. The molecule has 1 aromatic carbocycles. The molecule has 2 bridgehead atoms. The van der Waals surface area contributed by atoms with Gasteiger partial charge in [0.15, 0.2) is 11.5 Å². The monoisotopic (exact) mass is 345 g/mol. The van der Waals surface area contributed by atoms with Crippen molar-refractivity contribution in [2.75, 3.05) is 24.5 Å². The molecule has 1 aromatic heterocycles. The van der Waals surface area contributed by atoms with Crippen LogP contribution >= 0.6 is 0 Å². The van der Waals surface area contributed by atoms with Crippen molar-refractivity contribution >= 4 is 5.82 Å². The molecule has 3 saturated heterocycles. The smallest absolute Gasteiger partial charge is 0.183 e. The van der Waals surface area contributed by atoms with Crippen LogP contribution in [0, 0.1) is 29.1 Å². The summed E-state index contributed by atoms with van der Waals surface area (Å²) in [5, 5.41) is 9.43. The van der Waals surface area contributed by atoms with Crippen LogP contribution in [0.25, 0.3) is 0 Å². The van der Waals surface area contributed by atoms with E-state index in [1.807, 2.05) is 0 Å². The van der Waals surface area contributed by atoms with Gasteiger partial charge in [0, 0.05) is 44.6 Å². The van der Waals surface area contributed by atoms with E-state index in [4.69, 9.17) is 0 Å². The molecule has 4 unspecified atom stereocenters. The molecule has 4 aliphatic rings. The minimum atomic E-state index is 0.468. The van der Waals surface area contributed by atoms with Crippen LogP contribution < -0.4 is 4.90 Å². The first-order valence-electron chi connectivity index (χ1n) is 9.57. The van der Waals surface area contributed by atoms with Crippen LogP contribution in [0.1, 0.15) is 24.1 Å². The minimum Gasteiger partial charge on any atom is -0.351 e. The standard InChI is InChI=1S/C21H23N5/c22-10-19-21(24-9-8-23-19)26-12-16-6-7-20(26)18-14-25(13-17(16)18)11-15-4-2-1-3-5-15/h1-5,8-9,16-18,20H,6-7,11-14H2. The van der Waals surface area contributed by atoms with E-state index in [9.17, 15) is 5.26 Å². The summed E-state index contributed by atoms with van der Waals surface area (Å²) < 4.78 is 0. The first kappa shape index (κ1) is 15.8. The molecule has 6 rings (SSSR count). The number of piperidine rings is 2. The van der Waals surface area contributed by atoms with Gasteiger partial charge in [0.2, 0.25) is 0 Å². The third-order valence-electron chi connectivity index (χ3n) is 6.56. The van der Waals surface area contributed by atoms with Crippen molar-refractivity contribution in [2.45, 2.75) is 25.4 Å². The highest BCUT2D eigenvalue weighted by molar-refractivity contribution is 5.51. The molecular weight excluding hydrogens is 322 g/mol. The van der Waals surface area contributed by atoms with Gasteiger partial charge in [-0.15, -0.1) is 0 Å². The van der Waals surface area contributed by atoms with Crippen LogP contribution in [-0.4, -0.2) is 40.5 Å². The zero-order chi connectivity index (χ0) is 17.5. The number of hydrogen-bond acceptors (Lipinski definition) is 5. The van der Waals surface area contributed by atoms with E-state index in [1.165, 1.54) is 24.9 Å². The largest absolute Gasteiger partial charge is 0.351 e. The van der Waals surface area contributed by atoms with Crippen molar-refractivity contribution in [3.8, 4) is 6.07 Å². The Morgan fingerprint density at radius 1 is 1.00 bits per heavy atom. The maximum Gasteiger partial charge on any atom is 0.183 e. The Bertz CT molecular complexity index is 830. The average molecular weight is 345 g/mol. The Balaban J connectivity index is 1.38. The Morgan fingerprint density at radius 2 is 1.81 bits per heavy atom. The lowest BCUT2D eigenvalue weighted by molar-refractivity contribution is 0.120. The van der Waals surface area contributed by atoms with E-state index in [1.54, 1.807) is 12.4 Å². The molecule has 132 valence electrons. The van der Waals surface area contributed by atoms with E-state index < -0.39 is 0 Å². The molecule has 5 heteroatoms. The number of nitriles is 1. The summed E-state index contributed by atoms with van der Waals surface area (Å²) in [5.74, 6) is 2.97. The van der Waals surface area contributed by atoms with Crippen LogP contribution in [0.3, 0.4) is 0 Å². The number of rotatable bonds is 3. The topological polar surface area (TPSA) is 56.1 Å². The van der Waals surface area contributed by atoms with E-state index in [2.05, 4.69) is 56.2 Å². The summed E-state index contributed by atoms with van der Waals surface area (Å²) in [4.78, 5) is 13.8. The first-order valence-corrected chi connectivity index (χ1v) is 9.57. The first-order chi connectivity index (χ1) is 12.8. The van der Waals surface area contributed by atoms with Gasteiger partial charge in [-0.3, -0.25) is 4.90 Å². The van der Waals surface area contributed by atoms with Crippen LogP contribution in [0.5, 0.6) is 0 Å². The highest BCUT2D eigenvalue weighted by Crippen LogP contribution is 2.48. The van der Waals surface area contributed by atoms with Gasteiger partial charge in [-0.1, -0.05) is 30.3 Å². The summed E-state index contributed by atoms with van der Waals surface area (Å²) in [7, 11) is 0. The van der Waals surface area contributed by atoms with Gasteiger partial charge in [0.05, 0.1) is 0 Å². The molecule has 26 heavy (non-hydrogen) atoms. The molecule has 0 spiro atoms. The van der Waals surface area contributed by atoms with Crippen LogP contribution in [0.2, 0.25) is 0 Å². The fourth-order valence-electron chi connectivity index (χ4n) is 5.50. The molecule has 0 amide bonds. The molecule has 0 radical (unpaired) electrons. The predicted molar refractivity (Wildman–Crippen MR) is 99.3 cm³/mol.